The molecule has 0 spiro atoms. The van der Waals surface area contributed by atoms with Crippen LogP contribution in [0.15, 0.2) is 47.3 Å². The minimum atomic E-state index is -0.735. The van der Waals surface area contributed by atoms with Gasteiger partial charge in [0.2, 0.25) is 5.91 Å². The molecule has 0 atom stereocenters. The van der Waals surface area contributed by atoms with E-state index in [0.29, 0.717) is 35.4 Å². The van der Waals surface area contributed by atoms with Gasteiger partial charge < -0.3 is 15.0 Å². The van der Waals surface area contributed by atoms with E-state index in [1.54, 1.807) is 10.6 Å². The van der Waals surface area contributed by atoms with E-state index in [9.17, 15) is 23.6 Å². The van der Waals surface area contributed by atoms with E-state index in [-0.39, 0.29) is 17.7 Å². The molecule has 1 aliphatic heterocycles. The van der Waals surface area contributed by atoms with E-state index in [4.69, 9.17) is 4.74 Å². The van der Waals surface area contributed by atoms with Crippen LogP contribution in [-0.2, 0) is 27.3 Å². The largest absolute Gasteiger partial charge is 0.452 e. The monoisotopic (exact) mass is 480 g/mol. The van der Waals surface area contributed by atoms with Crippen molar-refractivity contribution in [3.8, 4) is 0 Å². The summed E-state index contributed by atoms with van der Waals surface area (Å²) >= 11 is 0. The lowest BCUT2D eigenvalue weighted by atomic mass is 10.1. The average molecular weight is 480 g/mol. The second-order valence-electron chi connectivity index (χ2n) is 8.41. The van der Waals surface area contributed by atoms with E-state index in [0.717, 1.165) is 24.2 Å². The van der Waals surface area contributed by atoms with Gasteiger partial charge in [0.25, 0.3) is 11.5 Å². The Hall–Kier alpha value is -4.08. The first kappa shape index (κ1) is 24.1. The number of ether oxygens (including phenoxy) is 1. The van der Waals surface area contributed by atoms with Gasteiger partial charge in [-0.1, -0.05) is 6.42 Å². The van der Waals surface area contributed by atoms with Gasteiger partial charge in [-0.2, -0.15) is 0 Å². The Bertz CT molecular complexity index is 1340. The van der Waals surface area contributed by atoms with Crippen LogP contribution in [0.1, 0.15) is 35.4 Å². The Balaban J connectivity index is 1.36. The maximum atomic E-state index is 13.0. The number of hydrogen-bond acceptors (Lipinski definition) is 6. The molecule has 0 saturated heterocycles. The first-order valence-electron chi connectivity index (χ1n) is 11.3. The highest BCUT2D eigenvalue weighted by Crippen LogP contribution is 2.17. The van der Waals surface area contributed by atoms with Gasteiger partial charge in [-0.3, -0.25) is 19.0 Å². The maximum absolute atomic E-state index is 13.0. The van der Waals surface area contributed by atoms with E-state index < -0.39 is 30.2 Å². The number of aromatic nitrogens is 2. The van der Waals surface area contributed by atoms with Crippen molar-refractivity contribution in [1.82, 2.24) is 14.5 Å². The number of esters is 1. The molecule has 2 aromatic carbocycles. The molecule has 3 aromatic rings. The molecule has 1 aromatic heterocycles. The number of rotatable bonds is 6. The molecule has 9 nitrogen and oxygen atoms in total. The van der Waals surface area contributed by atoms with Gasteiger partial charge in [-0.25, -0.2) is 14.2 Å². The van der Waals surface area contributed by atoms with Crippen molar-refractivity contribution < 1.29 is 23.5 Å². The topological polar surface area (TPSA) is 111 Å². The fourth-order valence-electron chi connectivity index (χ4n) is 3.90. The molecule has 1 aliphatic rings. The molecule has 0 fully saturated rings. The highest BCUT2D eigenvalue weighted by molar-refractivity contribution is 5.96. The zero-order chi connectivity index (χ0) is 24.9. The number of hydrogen-bond donors (Lipinski definition) is 1. The summed E-state index contributed by atoms with van der Waals surface area (Å²) in [5.41, 5.74) is 0.860. The third-order valence-electron chi connectivity index (χ3n) is 5.81. The van der Waals surface area contributed by atoms with Crippen molar-refractivity contribution in [1.29, 1.82) is 0 Å². The number of aryl methyl sites for hydroxylation is 1. The van der Waals surface area contributed by atoms with Crippen LogP contribution < -0.4 is 10.9 Å². The van der Waals surface area contributed by atoms with Crippen molar-refractivity contribution in [2.24, 2.45) is 0 Å². The van der Waals surface area contributed by atoms with Crippen LogP contribution in [0.25, 0.3) is 10.9 Å². The Morgan fingerprint density at radius 1 is 1.11 bits per heavy atom. The Morgan fingerprint density at radius 3 is 2.66 bits per heavy atom. The number of carbonyl (C=O) groups excluding carboxylic acids is 3. The van der Waals surface area contributed by atoms with Crippen LogP contribution in [0.4, 0.5) is 10.1 Å². The molecule has 0 saturated carbocycles. The SMILES string of the molecule is CN(CC(=O)Nc1ccc(F)cc1)C(=O)COC(=O)c1ccc2c(=O)n3c(nc2c1)CCCCC3. The van der Waals surface area contributed by atoms with E-state index in [1.165, 1.54) is 43.4 Å². The average Bonchev–Trinajstić information content (AvgIpc) is 3.09. The number of nitrogens with one attached hydrogen (secondary N) is 1. The van der Waals surface area contributed by atoms with Gasteiger partial charge in [-0.15, -0.1) is 0 Å². The second-order valence-corrected chi connectivity index (χ2v) is 8.41. The molecule has 182 valence electrons. The van der Waals surface area contributed by atoms with Gasteiger partial charge in [0, 0.05) is 25.7 Å². The normalized spacial score (nSPS) is 13.0. The lowest BCUT2D eigenvalue weighted by Gasteiger charge is -2.17. The first-order chi connectivity index (χ1) is 16.8. The number of fused-ring (bicyclic) bond motifs is 2. The lowest BCUT2D eigenvalue weighted by Crippen LogP contribution is -2.37. The summed E-state index contributed by atoms with van der Waals surface area (Å²) in [4.78, 5) is 55.5. The van der Waals surface area contributed by atoms with Gasteiger partial charge in [0.1, 0.15) is 11.6 Å². The Morgan fingerprint density at radius 2 is 1.89 bits per heavy atom. The van der Waals surface area contributed by atoms with Gasteiger partial charge in [-0.05, 0) is 55.3 Å². The maximum Gasteiger partial charge on any atom is 0.338 e. The number of halogens is 1. The number of likely N-dealkylation sites (N-methyl/N-ethyl adjacent to an activating group) is 1. The van der Waals surface area contributed by atoms with Crippen molar-refractivity contribution >= 4 is 34.4 Å². The predicted molar refractivity (Wildman–Crippen MR) is 127 cm³/mol. The van der Waals surface area contributed by atoms with E-state index in [1.807, 2.05) is 0 Å². The number of amides is 2. The van der Waals surface area contributed by atoms with Crippen molar-refractivity contribution in [2.75, 3.05) is 25.5 Å². The predicted octanol–water partition coefficient (Wildman–Crippen LogP) is 2.52. The number of carbonyl (C=O) groups is 3. The van der Waals surface area contributed by atoms with Crippen molar-refractivity contribution in [3.05, 3.63) is 70.0 Å². The standard InChI is InChI=1S/C25H25FN4O5/c1-29(14-22(31)27-18-9-7-17(26)8-10-18)23(32)15-35-25(34)16-6-11-19-20(13-16)28-21-5-3-2-4-12-30(21)24(19)33/h6-11,13H,2-5,12,14-15H2,1H3,(H,27,31). The molecular weight excluding hydrogens is 455 g/mol. The summed E-state index contributed by atoms with van der Waals surface area (Å²) in [6, 6.07) is 9.74. The third kappa shape index (κ3) is 5.71. The summed E-state index contributed by atoms with van der Waals surface area (Å²) in [6.07, 6.45) is 3.63. The molecule has 1 N–H and O–H groups in total. The summed E-state index contributed by atoms with van der Waals surface area (Å²) in [7, 11) is 1.40. The smallest absolute Gasteiger partial charge is 0.338 e. The fraction of sp³-hybridized carbons (Fsp3) is 0.320. The summed E-state index contributed by atoms with van der Waals surface area (Å²) in [5.74, 6) is -1.51. The summed E-state index contributed by atoms with van der Waals surface area (Å²) in [6.45, 7) is -0.196. The number of anilines is 1. The summed E-state index contributed by atoms with van der Waals surface area (Å²) < 4.78 is 19.8. The third-order valence-corrected chi connectivity index (χ3v) is 5.81. The second kappa shape index (κ2) is 10.5. The highest BCUT2D eigenvalue weighted by atomic mass is 19.1. The first-order valence-corrected chi connectivity index (χ1v) is 11.3. The van der Waals surface area contributed by atoms with Crippen LogP contribution in [0.2, 0.25) is 0 Å². The van der Waals surface area contributed by atoms with Gasteiger partial charge in [0.05, 0.1) is 23.0 Å². The molecule has 0 radical (unpaired) electrons. The molecule has 2 heterocycles. The van der Waals surface area contributed by atoms with Crippen molar-refractivity contribution in [3.63, 3.8) is 0 Å². The fourth-order valence-corrected chi connectivity index (χ4v) is 3.90. The van der Waals surface area contributed by atoms with Crippen LogP contribution in [-0.4, -0.2) is 52.4 Å². The Kier molecular flexibility index (Phi) is 7.19. The zero-order valence-corrected chi connectivity index (χ0v) is 19.3. The lowest BCUT2D eigenvalue weighted by molar-refractivity contribution is -0.136. The van der Waals surface area contributed by atoms with Crippen LogP contribution >= 0.6 is 0 Å². The van der Waals surface area contributed by atoms with E-state index in [2.05, 4.69) is 10.3 Å². The molecule has 10 heteroatoms. The van der Waals surface area contributed by atoms with Gasteiger partial charge >= 0.3 is 5.97 Å². The molecule has 0 unspecified atom stereocenters. The minimum Gasteiger partial charge on any atom is -0.452 e. The zero-order valence-electron chi connectivity index (χ0n) is 19.3. The van der Waals surface area contributed by atoms with Crippen molar-refractivity contribution in [2.45, 2.75) is 32.2 Å². The molecular formula is C25H25FN4O5. The van der Waals surface area contributed by atoms with Crippen LogP contribution in [0.5, 0.6) is 0 Å². The van der Waals surface area contributed by atoms with Crippen LogP contribution in [0.3, 0.4) is 0 Å². The highest BCUT2D eigenvalue weighted by Gasteiger charge is 2.18. The minimum absolute atomic E-state index is 0.123. The molecule has 0 aliphatic carbocycles. The molecule has 35 heavy (non-hydrogen) atoms. The Labute approximate surface area is 200 Å². The number of benzene rings is 2. The molecule has 2 amide bonds. The quantitative estimate of drug-likeness (QED) is 0.543. The molecule has 4 rings (SSSR count). The van der Waals surface area contributed by atoms with Crippen LogP contribution in [0, 0.1) is 5.82 Å². The number of nitrogens with zero attached hydrogens (tertiary/aromatic N) is 3. The van der Waals surface area contributed by atoms with Gasteiger partial charge in [0.15, 0.2) is 6.61 Å². The summed E-state index contributed by atoms with van der Waals surface area (Å²) in [5, 5.41) is 2.98. The van der Waals surface area contributed by atoms with E-state index >= 15 is 0 Å². The molecule has 0 bridgehead atoms.